The molecular formula is C6H15O4P. The molecule has 1 unspecified atom stereocenters. The van der Waals surface area contributed by atoms with E-state index >= 15 is 0 Å². The van der Waals surface area contributed by atoms with Crippen molar-refractivity contribution < 1.29 is 18.9 Å². The van der Waals surface area contributed by atoms with Crippen molar-refractivity contribution in [1.82, 2.24) is 0 Å². The molecule has 11 heavy (non-hydrogen) atoms. The minimum Gasteiger partial charge on any atom is -0.382 e. The minimum absolute atomic E-state index is 0.219. The molecule has 0 bridgehead atoms. The first-order valence-electron chi connectivity index (χ1n) is 3.42. The highest BCUT2D eigenvalue weighted by atomic mass is 31.2. The van der Waals surface area contributed by atoms with Gasteiger partial charge in [-0.3, -0.25) is 4.57 Å². The van der Waals surface area contributed by atoms with Crippen molar-refractivity contribution in [3.05, 3.63) is 0 Å². The monoisotopic (exact) mass is 182 g/mol. The summed E-state index contributed by atoms with van der Waals surface area (Å²) in [6, 6.07) is 0. The normalized spacial score (nSPS) is 16.3. The van der Waals surface area contributed by atoms with Crippen LogP contribution in [0.5, 0.6) is 0 Å². The highest BCUT2D eigenvalue weighted by molar-refractivity contribution is 7.57. The molecule has 4 nitrogen and oxygen atoms in total. The first kappa shape index (κ1) is 11.1. The molecule has 5 heteroatoms. The summed E-state index contributed by atoms with van der Waals surface area (Å²) in [5.41, 5.74) is 0. The molecule has 1 N–H and O–H groups in total. The molecule has 0 heterocycles. The van der Waals surface area contributed by atoms with Gasteiger partial charge < -0.3 is 14.4 Å². The van der Waals surface area contributed by atoms with Crippen LogP contribution in [-0.2, 0) is 14.0 Å². The Balaban J connectivity index is 3.09. The van der Waals surface area contributed by atoms with Crippen molar-refractivity contribution in [2.45, 2.75) is 0 Å². The van der Waals surface area contributed by atoms with Crippen LogP contribution in [0.3, 0.4) is 0 Å². The van der Waals surface area contributed by atoms with Gasteiger partial charge in [-0.2, -0.15) is 0 Å². The van der Waals surface area contributed by atoms with Crippen LogP contribution in [0.1, 0.15) is 0 Å². The lowest BCUT2D eigenvalue weighted by Gasteiger charge is -2.05. The average molecular weight is 182 g/mol. The highest BCUT2D eigenvalue weighted by Crippen LogP contribution is 2.33. The maximum absolute atomic E-state index is 10.7. The Bertz CT molecular complexity index is 131. The zero-order valence-corrected chi connectivity index (χ0v) is 7.84. The van der Waals surface area contributed by atoms with E-state index in [2.05, 4.69) is 0 Å². The lowest BCUT2D eigenvalue weighted by molar-refractivity contribution is 0.0779. The molecule has 0 aliphatic heterocycles. The van der Waals surface area contributed by atoms with Crippen LogP contribution in [0.2, 0.25) is 0 Å². The van der Waals surface area contributed by atoms with Crippen LogP contribution in [0.15, 0.2) is 0 Å². The molecule has 0 aromatic rings. The van der Waals surface area contributed by atoms with Gasteiger partial charge in [0.2, 0.25) is 0 Å². The van der Waals surface area contributed by atoms with E-state index in [9.17, 15) is 4.57 Å². The van der Waals surface area contributed by atoms with Gasteiger partial charge >= 0.3 is 0 Å². The van der Waals surface area contributed by atoms with E-state index < -0.39 is 7.37 Å². The van der Waals surface area contributed by atoms with Crippen LogP contribution in [0, 0.1) is 0 Å². The summed E-state index contributed by atoms with van der Waals surface area (Å²) in [7, 11) is -1.30. The lowest BCUT2D eigenvalue weighted by atomic mass is 10.7. The smallest absolute Gasteiger partial charge is 0.199 e. The third-order valence-electron chi connectivity index (χ3n) is 1.08. The summed E-state index contributed by atoms with van der Waals surface area (Å²) in [6.07, 6.45) is 0.219. The SMILES string of the molecule is COCCOCCP(C)(=O)O. The van der Waals surface area contributed by atoms with Crippen molar-refractivity contribution in [2.75, 3.05) is 39.8 Å². The van der Waals surface area contributed by atoms with Gasteiger partial charge in [0.1, 0.15) is 0 Å². The fourth-order valence-corrected chi connectivity index (χ4v) is 0.946. The zero-order valence-electron chi connectivity index (χ0n) is 6.95. The van der Waals surface area contributed by atoms with E-state index in [0.717, 1.165) is 0 Å². The predicted octanol–water partition coefficient (Wildman–Crippen LogP) is 0.550. The second-order valence-corrected chi connectivity index (χ2v) is 4.93. The van der Waals surface area contributed by atoms with Crippen LogP contribution >= 0.6 is 7.37 Å². The first-order valence-corrected chi connectivity index (χ1v) is 5.71. The van der Waals surface area contributed by atoms with E-state index in [1.165, 1.54) is 6.66 Å². The Kier molecular flexibility index (Phi) is 5.78. The largest absolute Gasteiger partial charge is 0.382 e. The van der Waals surface area contributed by atoms with Gasteiger partial charge in [0, 0.05) is 19.9 Å². The van der Waals surface area contributed by atoms with Crippen molar-refractivity contribution in [3.63, 3.8) is 0 Å². The highest BCUT2D eigenvalue weighted by Gasteiger charge is 2.07. The van der Waals surface area contributed by atoms with Crippen LogP contribution in [-0.4, -0.2) is 44.7 Å². The van der Waals surface area contributed by atoms with Crippen molar-refractivity contribution in [3.8, 4) is 0 Å². The van der Waals surface area contributed by atoms with Crippen LogP contribution in [0.4, 0.5) is 0 Å². The summed E-state index contributed by atoms with van der Waals surface area (Å²) in [5, 5.41) is 0. The van der Waals surface area contributed by atoms with Gasteiger partial charge in [-0.05, 0) is 0 Å². The summed E-state index contributed by atoms with van der Waals surface area (Å²) in [5.74, 6) is 0. The quantitative estimate of drug-likeness (QED) is 0.481. The number of ether oxygens (including phenoxy) is 2. The summed E-state index contributed by atoms with van der Waals surface area (Å²) < 4.78 is 20.4. The van der Waals surface area contributed by atoms with E-state index in [1.54, 1.807) is 7.11 Å². The molecule has 0 aromatic carbocycles. The molecule has 0 aromatic heterocycles. The molecule has 0 fully saturated rings. The maximum Gasteiger partial charge on any atom is 0.199 e. The molecule has 68 valence electrons. The molecular weight excluding hydrogens is 167 g/mol. The average Bonchev–Trinajstić information content (AvgIpc) is 1.85. The Morgan fingerprint density at radius 1 is 1.36 bits per heavy atom. The van der Waals surface area contributed by atoms with E-state index in [0.29, 0.717) is 19.8 Å². The Labute approximate surface area is 67.0 Å². The Morgan fingerprint density at radius 3 is 2.45 bits per heavy atom. The van der Waals surface area contributed by atoms with Gasteiger partial charge in [-0.15, -0.1) is 0 Å². The van der Waals surface area contributed by atoms with Gasteiger partial charge in [-0.25, -0.2) is 0 Å². The zero-order chi connectivity index (χ0) is 8.74. The van der Waals surface area contributed by atoms with Gasteiger partial charge in [0.15, 0.2) is 7.37 Å². The molecule has 0 aliphatic carbocycles. The fourth-order valence-electron chi connectivity index (χ4n) is 0.478. The lowest BCUT2D eigenvalue weighted by Crippen LogP contribution is -2.05. The number of rotatable bonds is 6. The van der Waals surface area contributed by atoms with E-state index in [4.69, 9.17) is 14.4 Å². The van der Waals surface area contributed by atoms with Crippen molar-refractivity contribution >= 4 is 7.37 Å². The molecule has 0 saturated carbocycles. The summed E-state index contributed by atoms with van der Waals surface area (Å²) in [6.45, 7) is 2.66. The molecule has 0 aliphatic rings. The second kappa shape index (κ2) is 5.72. The first-order chi connectivity index (χ1) is 5.06. The van der Waals surface area contributed by atoms with Crippen molar-refractivity contribution in [1.29, 1.82) is 0 Å². The summed E-state index contributed by atoms with van der Waals surface area (Å²) >= 11 is 0. The fraction of sp³-hybridized carbons (Fsp3) is 1.00. The number of methoxy groups -OCH3 is 1. The Hall–Kier alpha value is 0.110. The molecule has 0 spiro atoms. The molecule has 0 amide bonds. The molecule has 0 radical (unpaired) electrons. The molecule has 0 saturated heterocycles. The van der Waals surface area contributed by atoms with E-state index in [1.807, 2.05) is 0 Å². The minimum atomic E-state index is -2.88. The standard InChI is InChI=1S/C6H15O4P/c1-9-3-4-10-5-6-11(2,7)8/h3-6H2,1-2H3,(H,7,8). The van der Waals surface area contributed by atoms with Gasteiger partial charge in [0.25, 0.3) is 0 Å². The third kappa shape index (κ3) is 10.1. The number of hydrogen-bond donors (Lipinski definition) is 1. The molecule has 0 rings (SSSR count). The Morgan fingerprint density at radius 2 is 2.00 bits per heavy atom. The van der Waals surface area contributed by atoms with Gasteiger partial charge in [0.05, 0.1) is 19.8 Å². The topological polar surface area (TPSA) is 55.8 Å². The summed E-state index contributed by atoms with van der Waals surface area (Å²) in [4.78, 5) is 8.82. The molecule has 1 atom stereocenters. The van der Waals surface area contributed by atoms with Crippen LogP contribution < -0.4 is 0 Å². The number of hydrogen-bond acceptors (Lipinski definition) is 3. The van der Waals surface area contributed by atoms with Crippen LogP contribution in [0.25, 0.3) is 0 Å². The van der Waals surface area contributed by atoms with Gasteiger partial charge in [-0.1, -0.05) is 0 Å². The predicted molar refractivity (Wildman–Crippen MR) is 43.3 cm³/mol. The second-order valence-electron chi connectivity index (χ2n) is 2.38. The van der Waals surface area contributed by atoms with Crippen molar-refractivity contribution in [2.24, 2.45) is 0 Å². The van der Waals surface area contributed by atoms with E-state index in [-0.39, 0.29) is 6.16 Å². The third-order valence-corrected chi connectivity index (χ3v) is 2.09. The maximum atomic E-state index is 10.7.